The van der Waals surface area contributed by atoms with E-state index in [2.05, 4.69) is 18.7 Å². The lowest BCUT2D eigenvalue weighted by Gasteiger charge is -2.31. The lowest BCUT2D eigenvalue weighted by Crippen LogP contribution is -2.40. The zero-order chi connectivity index (χ0) is 10.9. The van der Waals surface area contributed by atoms with Gasteiger partial charge in [-0.2, -0.15) is 0 Å². The van der Waals surface area contributed by atoms with Gasteiger partial charge in [0.1, 0.15) is 5.78 Å². The monoisotopic (exact) mass is 197 g/mol. The number of ketones is 1. The van der Waals surface area contributed by atoms with Crippen molar-refractivity contribution in [1.29, 1.82) is 0 Å². The van der Waals surface area contributed by atoms with Crippen LogP contribution < -0.4 is 0 Å². The maximum atomic E-state index is 11.4. The third kappa shape index (κ3) is 2.35. The molecule has 1 aliphatic rings. The molecule has 0 radical (unpaired) electrons. The lowest BCUT2D eigenvalue weighted by molar-refractivity contribution is -0.125. The van der Waals surface area contributed by atoms with E-state index in [1.54, 1.807) is 6.92 Å². The van der Waals surface area contributed by atoms with Crippen LogP contribution >= 0.6 is 0 Å². The second-order valence-electron chi connectivity index (χ2n) is 5.42. The number of rotatable bonds is 3. The van der Waals surface area contributed by atoms with Crippen LogP contribution in [0, 0.1) is 11.3 Å². The quantitative estimate of drug-likeness (QED) is 0.692. The van der Waals surface area contributed by atoms with E-state index < -0.39 is 0 Å². The van der Waals surface area contributed by atoms with E-state index >= 15 is 0 Å². The number of hydrogen-bond acceptors (Lipinski definition) is 2. The summed E-state index contributed by atoms with van der Waals surface area (Å²) < 4.78 is 0. The number of carbonyl (C=O) groups excluding carboxylic acids is 1. The van der Waals surface area contributed by atoms with Crippen molar-refractivity contribution in [2.24, 2.45) is 11.3 Å². The van der Waals surface area contributed by atoms with Crippen LogP contribution in [0.4, 0.5) is 0 Å². The van der Waals surface area contributed by atoms with Gasteiger partial charge in [0.2, 0.25) is 0 Å². The molecule has 0 amide bonds. The van der Waals surface area contributed by atoms with Crippen molar-refractivity contribution >= 4 is 5.78 Å². The number of likely N-dealkylation sites (tertiary alicyclic amines) is 1. The Morgan fingerprint density at radius 2 is 2.00 bits per heavy atom. The van der Waals surface area contributed by atoms with Crippen LogP contribution in [0.3, 0.4) is 0 Å². The molecule has 0 aromatic rings. The Morgan fingerprint density at radius 1 is 1.43 bits per heavy atom. The van der Waals surface area contributed by atoms with E-state index in [-0.39, 0.29) is 5.41 Å². The van der Waals surface area contributed by atoms with Crippen LogP contribution in [0.25, 0.3) is 0 Å². The Kier molecular flexibility index (Phi) is 3.36. The molecule has 1 aliphatic heterocycles. The highest BCUT2D eigenvalue weighted by Crippen LogP contribution is 2.28. The summed E-state index contributed by atoms with van der Waals surface area (Å²) in [7, 11) is 0. The molecule has 0 aromatic heterocycles. The van der Waals surface area contributed by atoms with Gasteiger partial charge < -0.3 is 0 Å². The fraction of sp³-hybridized carbons (Fsp3) is 0.917. The van der Waals surface area contributed by atoms with Crippen LogP contribution in [-0.4, -0.2) is 29.8 Å². The van der Waals surface area contributed by atoms with E-state index in [9.17, 15) is 4.79 Å². The van der Waals surface area contributed by atoms with Crippen LogP contribution in [0.5, 0.6) is 0 Å². The molecule has 0 saturated carbocycles. The summed E-state index contributed by atoms with van der Waals surface area (Å²) in [4.78, 5) is 13.9. The highest BCUT2D eigenvalue weighted by molar-refractivity contribution is 5.81. The second-order valence-corrected chi connectivity index (χ2v) is 5.42. The van der Waals surface area contributed by atoms with Gasteiger partial charge in [-0.15, -0.1) is 0 Å². The summed E-state index contributed by atoms with van der Waals surface area (Å²) in [6, 6.07) is 0.633. The number of carbonyl (C=O) groups is 1. The van der Waals surface area contributed by atoms with E-state index in [1.165, 1.54) is 6.42 Å². The third-order valence-corrected chi connectivity index (χ3v) is 3.82. The van der Waals surface area contributed by atoms with Crippen molar-refractivity contribution in [3.63, 3.8) is 0 Å². The smallest absolute Gasteiger partial charge is 0.136 e. The first-order valence-electron chi connectivity index (χ1n) is 5.59. The molecule has 82 valence electrons. The van der Waals surface area contributed by atoms with Gasteiger partial charge in [-0.3, -0.25) is 9.69 Å². The molecule has 14 heavy (non-hydrogen) atoms. The molecule has 1 heterocycles. The van der Waals surface area contributed by atoms with Gasteiger partial charge in [0.05, 0.1) is 0 Å². The Bertz CT molecular complexity index is 222. The normalized spacial score (nSPS) is 29.5. The summed E-state index contributed by atoms with van der Waals surface area (Å²) in [5, 5.41) is 0. The van der Waals surface area contributed by atoms with Crippen molar-refractivity contribution in [1.82, 2.24) is 4.90 Å². The molecule has 2 nitrogen and oxygen atoms in total. The maximum Gasteiger partial charge on any atom is 0.136 e. The van der Waals surface area contributed by atoms with Gasteiger partial charge in [-0.25, -0.2) is 0 Å². The minimum Gasteiger partial charge on any atom is -0.299 e. The summed E-state index contributed by atoms with van der Waals surface area (Å²) in [5.41, 5.74) is -0.182. The topological polar surface area (TPSA) is 20.3 Å². The molecule has 2 unspecified atom stereocenters. The SMILES string of the molecule is CC(=O)C(C)(C)CN1CCC(C)C1C. The van der Waals surface area contributed by atoms with Crippen LogP contribution in [0.15, 0.2) is 0 Å². The zero-order valence-electron chi connectivity index (χ0n) is 10.1. The number of nitrogens with zero attached hydrogens (tertiary/aromatic N) is 1. The molecule has 2 heteroatoms. The molecule has 0 N–H and O–H groups in total. The first-order chi connectivity index (χ1) is 6.34. The van der Waals surface area contributed by atoms with Gasteiger partial charge in [-0.05, 0) is 32.7 Å². The summed E-state index contributed by atoms with van der Waals surface area (Å²) in [6.45, 7) is 12.4. The van der Waals surface area contributed by atoms with Gasteiger partial charge in [0, 0.05) is 18.0 Å². The summed E-state index contributed by atoms with van der Waals surface area (Å²) >= 11 is 0. The molecule has 1 rings (SSSR count). The van der Waals surface area contributed by atoms with Crippen molar-refractivity contribution in [3.05, 3.63) is 0 Å². The average molecular weight is 197 g/mol. The number of hydrogen-bond donors (Lipinski definition) is 0. The predicted octanol–water partition coefficient (Wildman–Crippen LogP) is 2.33. The second kappa shape index (κ2) is 4.01. The van der Waals surface area contributed by atoms with Gasteiger partial charge >= 0.3 is 0 Å². The fourth-order valence-electron chi connectivity index (χ4n) is 2.02. The maximum absolute atomic E-state index is 11.4. The largest absolute Gasteiger partial charge is 0.299 e. The van der Waals surface area contributed by atoms with Crippen molar-refractivity contribution < 1.29 is 4.79 Å². The van der Waals surface area contributed by atoms with E-state index in [1.807, 2.05) is 13.8 Å². The van der Waals surface area contributed by atoms with Gasteiger partial charge in [0.25, 0.3) is 0 Å². The van der Waals surface area contributed by atoms with Crippen molar-refractivity contribution in [2.75, 3.05) is 13.1 Å². The Balaban J connectivity index is 2.57. The standard InChI is InChI=1S/C12H23NO/c1-9-6-7-13(10(9)2)8-12(4,5)11(3)14/h9-10H,6-8H2,1-5H3. The van der Waals surface area contributed by atoms with Crippen LogP contribution in [0.2, 0.25) is 0 Å². The molecular weight excluding hydrogens is 174 g/mol. The molecule has 2 atom stereocenters. The molecule has 0 spiro atoms. The molecule has 0 bridgehead atoms. The average Bonchev–Trinajstić information content (AvgIpc) is 2.35. The van der Waals surface area contributed by atoms with Gasteiger partial charge in [0.15, 0.2) is 0 Å². The molecule has 1 fully saturated rings. The van der Waals surface area contributed by atoms with E-state index in [4.69, 9.17) is 0 Å². The highest BCUT2D eigenvalue weighted by Gasteiger charge is 2.33. The molecular formula is C12H23NO. The Labute approximate surface area is 87.7 Å². The minimum absolute atomic E-state index is 0.182. The first kappa shape index (κ1) is 11.7. The first-order valence-corrected chi connectivity index (χ1v) is 5.59. The van der Waals surface area contributed by atoms with Crippen molar-refractivity contribution in [3.8, 4) is 0 Å². The molecule has 0 aromatic carbocycles. The lowest BCUT2D eigenvalue weighted by atomic mass is 9.88. The van der Waals surface area contributed by atoms with Gasteiger partial charge in [-0.1, -0.05) is 20.8 Å². The fourth-order valence-corrected chi connectivity index (χ4v) is 2.02. The van der Waals surface area contributed by atoms with Crippen molar-refractivity contribution in [2.45, 2.75) is 47.1 Å². The van der Waals surface area contributed by atoms with Crippen LogP contribution in [0.1, 0.15) is 41.0 Å². The zero-order valence-corrected chi connectivity index (χ0v) is 10.1. The Morgan fingerprint density at radius 3 is 2.36 bits per heavy atom. The predicted molar refractivity (Wildman–Crippen MR) is 59.3 cm³/mol. The molecule has 1 saturated heterocycles. The third-order valence-electron chi connectivity index (χ3n) is 3.82. The minimum atomic E-state index is -0.182. The van der Waals surface area contributed by atoms with E-state index in [0.717, 1.165) is 19.0 Å². The number of Topliss-reactive ketones (excluding diaryl/α,β-unsaturated/α-hetero) is 1. The molecule has 0 aliphatic carbocycles. The summed E-state index contributed by atoms with van der Waals surface area (Å²) in [6.07, 6.45) is 1.27. The highest BCUT2D eigenvalue weighted by atomic mass is 16.1. The summed E-state index contributed by atoms with van der Waals surface area (Å²) in [5.74, 6) is 1.07. The van der Waals surface area contributed by atoms with E-state index in [0.29, 0.717) is 11.8 Å². The Hall–Kier alpha value is -0.370. The van der Waals surface area contributed by atoms with Crippen LogP contribution in [-0.2, 0) is 4.79 Å².